The molecule has 1 amide bonds. The summed E-state index contributed by atoms with van der Waals surface area (Å²) in [6, 6.07) is 7.02. The van der Waals surface area contributed by atoms with Crippen molar-refractivity contribution >= 4 is 34.8 Å². The minimum Gasteiger partial charge on any atom is -0.366 e. The van der Waals surface area contributed by atoms with Crippen molar-refractivity contribution in [1.29, 1.82) is 0 Å². The maximum Gasteiger partial charge on any atom is 0.293 e. The number of nitrogens with one attached hydrogen (secondary N) is 1. The molecule has 1 N–H and O–H groups in total. The molecule has 7 nitrogen and oxygen atoms in total. The molecule has 1 aromatic carbocycles. The van der Waals surface area contributed by atoms with Crippen LogP contribution in [0.4, 0.5) is 11.4 Å². The standard InChI is InChI=1S/C20H22N4O3S/c25-20(19-12-15-5-1-2-6-18(15)28-19)22-21-13-14-7-8-16(17(11-14)24(26)27)23-9-3-4-10-23/h7-8,11-13H,1-6,9-10H2,(H,22,25)/b21-13+. The Kier molecular flexibility index (Phi) is 5.38. The summed E-state index contributed by atoms with van der Waals surface area (Å²) >= 11 is 1.53. The van der Waals surface area contributed by atoms with Crippen molar-refractivity contribution in [2.45, 2.75) is 38.5 Å². The van der Waals surface area contributed by atoms with E-state index in [1.807, 2.05) is 11.0 Å². The van der Waals surface area contributed by atoms with Crippen molar-refractivity contribution in [2.24, 2.45) is 5.10 Å². The monoisotopic (exact) mass is 398 g/mol. The second kappa shape index (κ2) is 8.10. The van der Waals surface area contributed by atoms with Crippen LogP contribution in [0.5, 0.6) is 0 Å². The third-order valence-electron chi connectivity index (χ3n) is 5.24. The van der Waals surface area contributed by atoms with Gasteiger partial charge >= 0.3 is 0 Å². The van der Waals surface area contributed by atoms with E-state index in [0.29, 0.717) is 16.1 Å². The number of nitro groups is 1. The Labute approximate surface area is 167 Å². The fourth-order valence-electron chi connectivity index (χ4n) is 3.82. The summed E-state index contributed by atoms with van der Waals surface area (Å²) in [6.07, 6.45) is 8.00. The van der Waals surface area contributed by atoms with E-state index < -0.39 is 0 Å². The van der Waals surface area contributed by atoms with Crippen molar-refractivity contribution in [3.05, 3.63) is 55.3 Å². The largest absolute Gasteiger partial charge is 0.366 e. The average Bonchev–Trinajstić information content (AvgIpc) is 3.37. The highest BCUT2D eigenvalue weighted by atomic mass is 32.1. The van der Waals surface area contributed by atoms with Crippen LogP contribution in [0.3, 0.4) is 0 Å². The van der Waals surface area contributed by atoms with Gasteiger partial charge in [0.25, 0.3) is 11.6 Å². The molecule has 4 rings (SSSR count). The molecule has 28 heavy (non-hydrogen) atoms. The Bertz CT molecular complexity index is 908. The molecule has 1 fully saturated rings. The smallest absolute Gasteiger partial charge is 0.293 e. The third kappa shape index (κ3) is 3.91. The summed E-state index contributed by atoms with van der Waals surface area (Å²) in [5, 5.41) is 15.5. The van der Waals surface area contributed by atoms with E-state index in [2.05, 4.69) is 10.5 Å². The number of carbonyl (C=O) groups excluding carboxylic acids is 1. The number of nitrogens with zero attached hydrogens (tertiary/aromatic N) is 3. The number of hydrogen-bond donors (Lipinski definition) is 1. The van der Waals surface area contributed by atoms with Gasteiger partial charge in [-0.1, -0.05) is 6.07 Å². The molecule has 146 valence electrons. The van der Waals surface area contributed by atoms with E-state index in [0.717, 1.165) is 38.8 Å². The molecule has 2 aromatic rings. The summed E-state index contributed by atoms with van der Waals surface area (Å²) in [5.74, 6) is -0.237. The first-order valence-electron chi connectivity index (χ1n) is 9.60. The van der Waals surface area contributed by atoms with Crippen LogP contribution in [0.25, 0.3) is 0 Å². The van der Waals surface area contributed by atoms with Crippen molar-refractivity contribution in [2.75, 3.05) is 18.0 Å². The van der Waals surface area contributed by atoms with Crippen molar-refractivity contribution in [3.8, 4) is 0 Å². The molecular formula is C20H22N4O3S. The minimum atomic E-state index is -0.361. The number of hydrazone groups is 1. The summed E-state index contributed by atoms with van der Waals surface area (Å²) in [7, 11) is 0. The fourth-order valence-corrected chi connectivity index (χ4v) is 4.96. The molecular weight excluding hydrogens is 376 g/mol. The average molecular weight is 398 g/mol. The molecule has 0 saturated carbocycles. The summed E-state index contributed by atoms with van der Waals surface area (Å²) in [5.41, 5.74) is 5.11. The zero-order chi connectivity index (χ0) is 19.5. The molecule has 0 unspecified atom stereocenters. The molecule has 0 spiro atoms. The quantitative estimate of drug-likeness (QED) is 0.470. The number of benzene rings is 1. The van der Waals surface area contributed by atoms with Crippen LogP contribution in [-0.4, -0.2) is 30.1 Å². The van der Waals surface area contributed by atoms with Gasteiger partial charge in [0.05, 0.1) is 16.0 Å². The molecule has 0 radical (unpaired) electrons. The van der Waals surface area contributed by atoms with Gasteiger partial charge in [-0.2, -0.15) is 5.10 Å². The molecule has 8 heteroatoms. The summed E-state index contributed by atoms with van der Waals surface area (Å²) in [4.78, 5) is 27.4. The molecule has 1 aliphatic carbocycles. The Balaban J connectivity index is 1.45. The van der Waals surface area contributed by atoms with Gasteiger partial charge in [-0.25, -0.2) is 5.43 Å². The van der Waals surface area contributed by atoms with Gasteiger partial charge in [0.2, 0.25) is 0 Å². The van der Waals surface area contributed by atoms with Gasteiger partial charge in [-0.05, 0) is 56.2 Å². The number of amides is 1. The summed E-state index contributed by atoms with van der Waals surface area (Å²) in [6.45, 7) is 1.68. The molecule has 1 saturated heterocycles. The van der Waals surface area contributed by atoms with Crippen LogP contribution >= 0.6 is 11.3 Å². The number of carbonyl (C=O) groups is 1. The SMILES string of the molecule is O=C(N/N=C/c1ccc(N2CCCC2)c([N+](=O)[O-])c1)c1cc2c(s1)CCCC2. The van der Waals surface area contributed by atoms with E-state index in [1.54, 1.807) is 12.1 Å². The Morgan fingerprint density at radius 1 is 1.18 bits per heavy atom. The third-order valence-corrected chi connectivity index (χ3v) is 6.48. The maximum atomic E-state index is 12.3. The lowest BCUT2D eigenvalue weighted by Gasteiger charge is -2.17. The zero-order valence-electron chi connectivity index (χ0n) is 15.5. The Hall–Kier alpha value is -2.74. The molecule has 0 bridgehead atoms. The summed E-state index contributed by atoms with van der Waals surface area (Å²) < 4.78 is 0. The molecule has 0 atom stereocenters. The lowest BCUT2D eigenvalue weighted by molar-refractivity contribution is -0.384. The van der Waals surface area contributed by atoms with Crippen molar-refractivity contribution in [1.82, 2.24) is 5.43 Å². The lowest BCUT2D eigenvalue weighted by atomic mass is 9.99. The molecule has 2 aliphatic rings. The highest BCUT2D eigenvalue weighted by Gasteiger charge is 2.22. The van der Waals surface area contributed by atoms with Crippen LogP contribution in [0.2, 0.25) is 0 Å². The van der Waals surface area contributed by atoms with Crippen LogP contribution < -0.4 is 10.3 Å². The number of thiophene rings is 1. The first-order valence-corrected chi connectivity index (χ1v) is 10.4. The Morgan fingerprint density at radius 2 is 1.96 bits per heavy atom. The van der Waals surface area contributed by atoms with Gasteiger partial charge in [-0.3, -0.25) is 14.9 Å². The van der Waals surface area contributed by atoms with E-state index >= 15 is 0 Å². The molecule has 2 heterocycles. The number of rotatable bonds is 5. The van der Waals surface area contributed by atoms with E-state index in [1.165, 1.54) is 46.9 Å². The van der Waals surface area contributed by atoms with Crippen LogP contribution in [0, 0.1) is 10.1 Å². The van der Waals surface area contributed by atoms with Crippen LogP contribution in [0.15, 0.2) is 29.4 Å². The lowest BCUT2D eigenvalue weighted by Crippen LogP contribution is -2.19. The second-order valence-corrected chi connectivity index (χ2v) is 8.30. The number of aryl methyl sites for hydroxylation is 2. The van der Waals surface area contributed by atoms with E-state index in [4.69, 9.17) is 0 Å². The second-order valence-electron chi connectivity index (χ2n) is 7.16. The van der Waals surface area contributed by atoms with Crippen molar-refractivity contribution < 1.29 is 9.72 Å². The van der Waals surface area contributed by atoms with Gasteiger partial charge in [0.1, 0.15) is 5.69 Å². The Morgan fingerprint density at radius 3 is 2.71 bits per heavy atom. The number of fused-ring (bicyclic) bond motifs is 1. The predicted molar refractivity (Wildman–Crippen MR) is 111 cm³/mol. The zero-order valence-corrected chi connectivity index (χ0v) is 16.3. The van der Waals surface area contributed by atoms with Crippen LogP contribution in [-0.2, 0) is 12.8 Å². The van der Waals surface area contributed by atoms with Gasteiger partial charge in [0.15, 0.2) is 0 Å². The number of anilines is 1. The number of nitro benzene ring substituents is 1. The van der Waals surface area contributed by atoms with Gasteiger partial charge < -0.3 is 4.90 Å². The van der Waals surface area contributed by atoms with E-state index in [9.17, 15) is 14.9 Å². The predicted octanol–water partition coefficient (Wildman–Crippen LogP) is 3.90. The maximum absolute atomic E-state index is 12.3. The van der Waals surface area contributed by atoms with E-state index in [-0.39, 0.29) is 16.5 Å². The highest BCUT2D eigenvalue weighted by molar-refractivity contribution is 7.14. The molecule has 1 aromatic heterocycles. The number of hydrogen-bond acceptors (Lipinski definition) is 6. The normalized spacial score (nSPS) is 16.4. The topological polar surface area (TPSA) is 87.8 Å². The first kappa shape index (κ1) is 18.6. The fraction of sp³-hybridized carbons (Fsp3) is 0.400. The van der Waals surface area contributed by atoms with Gasteiger partial charge in [0, 0.05) is 29.6 Å². The molecule has 1 aliphatic heterocycles. The first-order chi connectivity index (χ1) is 13.6. The highest BCUT2D eigenvalue weighted by Crippen LogP contribution is 2.31. The van der Waals surface area contributed by atoms with Crippen LogP contribution in [0.1, 0.15) is 51.4 Å². The van der Waals surface area contributed by atoms with Crippen molar-refractivity contribution in [3.63, 3.8) is 0 Å². The van der Waals surface area contributed by atoms with Gasteiger partial charge in [-0.15, -0.1) is 11.3 Å². The minimum absolute atomic E-state index is 0.0723.